The summed E-state index contributed by atoms with van der Waals surface area (Å²) in [6.45, 7) is 2.30. The Kier molecular flexibility index (Phi) is 6.92. The van der Waals surface area contributed by atoms with Gasteiger partial charge in [0.2, 0.25) is 0 Å². The van der Waals surface area contributed by atoms with Crippen LogP contribution < -0.4 is 0 Å². The van der Waals surface area contributed by atoms with Crippen molar-refractivity contribution in [3.05, 3.63) is 89.4 Å². The SMILES string of the molecule is CC1CCC(c2ccc(-c3ccc(-c4cc(F)c5c(F)c(C#CC(F)(F)F)c(F)cc5c4)nc3)cc2)CC1. The molecular weight excluding hydrogens is 500 g/mol. The predicted molar refractivity (Wildman–Crippen MR) is 136 cm³/mol. The third-order valence-electron chi connectivity index (χ3n) is 7.20. The zero-order valence-electron chi connectivity index (χ0n) is 20.5. The maximum absolute atomic E-state index is 14.9. The summed E-state index contributed by atoms with van der Waals surface area (Å²) in [6, 6.07) is 15.1. The fraction of sp³-hybridized carbons (Fsp3) is 0.258. The van der Waals surface area contributed by atoms with Crippen LogP contribution in [0.5, 0.6) is 0 Å². The van der Waals surface area contributed by atoms with Gasteiger partial charge in [0.1, 0.15) is 11.6 Å². The molecule has 0 amide bonds. The van der Waals surface area contributed by atoms with Crippen LogP contribution in [-0.4, -0.2) is 11.2 Å². The molecule has 1 heterocycles. The zero-order chi connectivity index (χ0) is 27.0. The molecule has 7 heteroatoms. The first-order chi connectivity index (χ1) is 18.1. The van der Waals surface area contributed by atoms with Gasteiger partial charge in [0.15, 0.2) is 5.82 Å². The Bertz CT molecular complexity index is 1540. The van der Waals surface area contributed by atoms with Crippen LogP contribution in [0.3, 0.4) is 0 Å². The first-order valence-corrected chi connectivity index (χ1v) is 12.4. The smallest absolute Gasteiger partial charge is 0.256 e. The summed E-state index contributed by atoms with van der Waals surface area (Å²) in [7, 11) is 0. The third-order valence-corrected chi connectivity index (χ3v) is 7.20. The lowest BCUT2D eigenvalue weighted by molar-refractivity contribution is -0.0696. The number of rotatable bonds is 3. The van der Waals surface area contributed by atoms with Crippen molar-refractivity contribution in [2.75, 3.05) is 0 Å². The Morgan fingerprint density at radius 1 is 0.789 bits per heavy atom. The maximum Gasteiger partial charge on any atom is 0.458 e. The largest absolute Gasteiger partial charge is 0.458 e. The Morgan fingerprint density at radius 2 is 1.47 bits per heavy atom. The van der Waals surface area contributed by atoms with Gasteiger partial charge in [0.05, 0.1) is 16.6 Å². The number of nitrogens with zero attached hydrogens (tertiary/aromatic N) is 1. The lowest BCUT2D eigenvalue weighted by Crippen LogP contribution is -2.10. The second-order valence-electron chi connectivity index (χ2n) is 9.86. The van der Waals surface area contributed by atoms with Crippen molar-refractivity contribution in [1.29, 1.82) is 0 Å². The Hall–Kier alpha value is -3.79. The van der Waals surface area contributed by atoms with Crippen LogP contribution in [0, 0.1) is 35.2 Å². The van der Waals surface area contributed by atoms with Crippen LogP contribution in [0.15, 0.2) is 60.8 Å². The summed E-state index contributed by atoms with van der Waals surface area (Å²) in [5.74, 6) is -0.210. The second-order valence-corrected chi connectivity index (χ2v) is 9.86. The number of benzene rings is 3. The molecule has 1 saturated carbocycles. The van der Waals surface area contributed by atoms with E-state index in [0.717, 1.165) is 35.1 Å². The van der Waals surface area contributed by atoms with Gasteiger partial charge in [-0.25, -0.2) is 13.2 Å². The summed E-state index contributed by atoms with van der Waals surface area (Å²) in [4.78, 5) is 4.41. The van der Waals surface area contributed by atoms with Gasteiger partial charge in [-0.3, -0.25) is 4.98 Å². The summed E-state index contributed by atoms with van der Waals surface area (Å²) in [5.41, 5.74) is 2.71. The lowest BCUT2D eigenvalue weighted by Gasteiger charge is -2.26. The Balaban J connectivity index is 1.41. The van der Waals surface area contributed by atoms with E-state index in [2.05, 4.69) is 36.2 Å². The molecule has 0 spiro atoms. The molecule has 0 aliphatic heterocycles. The number of alkyl halides is 3. The van der Waals surface area contributed by atoms with Crippen molar-refractivity contribution in [3.63, 3.8) is 0 Å². The van der Waals surface area contributed by atoms with Crippen molar-refractivity contribution in [2.24, 2.45) is 5.92 Å². The normalized spacial score (nSPS) is 17.8. The van der Waals surface area contributed by atoms with Crippen LogP contribution in [0.4, 0.5) is 26.3 Å². The predicted octanol–water partition coefficient (Wildman–Crippen LogP) is 9.19. The molecule has 0 radical (unpaired) electrons. The minimum Gasteiger partial charge on any atom is -0.256 e. The van der Waals surface area contributed by atoms with E-state index < -0.39 is 34.6 Å². The Morgan fingerprint density at radius 3 is 2.11 bits per heavy atom. The van der Waals surface area contributed by atoms with E-state index >= 15 is 0 Å². The molecule has 0 saturated heterocycles. The fourth-order valence-corrected chi connectivity index (χ4v) is 5.08. The third kappa shape index (κ3) is 5.40. The minimum atomic E-state index is -4.94. The summed E-state index contributed by atoms with van der Waals surface area (Å²) in [5, 5.41) is -0.781. The zero-order valence-corrected chi connectivity index (χ0v) is 20.5. The van der Waals surface area contributed by atoms with Gasteiger partial charge in [-0.15, -0.1) is 0 Å². The van der Waals surface area contributed by atoms with Gasteiger partial charge in [-0.2, -0.15) is 13.2 Å². The second kappa shape index (κ2) is 10.2. The van der Waals surface area contributed by atoms with Crippen molar-refractivity contribution in [1.82, 2.24) is 4.98 Å². The van der Waals surface area contributed by atoms with Crippen LogP contribution >= 0.6 is 0 Å². The molecule has 5 rings (SSSR count). The van der Waals surface area contributed by atoms with Gasteiger partial charge in [0.25, 0.3) is 0 Å². The van der Waals surface area contributed by atoms with Crippen molar-refractivity contribution < 1.29 is 26.3 Å². The van der Waals surface area contributed by atoms with Gasteiger partial charge in [-0.1, -0.05) is 56.0 Å². The van der Waals surface area contributed by atoms with Gasteiger partial charge in [0, 0.05) is 23.2 Å². The minimum absolute atomic E-state index is 0.147. The molecule has 0 unspecified atom stereocenters. The molecule has 1 aromatic heterocycles. The van der Waals surface area contributed by atoms with Crippen molar-refractivity contribution in [3.8, 4) is 34.2 Å². The monoisotopic (exact) mass is 523 g/mol. The molecule has 1 fully saturated rings. The Labute approximate surface area is 216 Å². The van der Waals surface area contributed by atoms with E-state index in [9.17, 15) is 26.3 Å². The maximum atomic E-state index is 14.9. The van der Waals surface area contributed by atoms with Crippen molar-refractivity contribution >= 4 is 10.8 Å². The van der Waals surface area contributed by atoms with Gasteiger partial charge < -0.3 is 0 Å². The van der Waals surface area contributed by atoms with E-state index in [1.54, 1.807) is 12.3 Å². The first kappa shape index (κ1) is 25.8. The standard InChI is InChI=1S/C31H23F6N/c1-18-2-4-19(5-3-18)20-6-8-21(9-7-20)22-10-11-28(38-17-22)23-14-24-16-26(32)25(12-13-31(35,36)37)30(34)29(24)27(33)15-23/h6-11,14-19H,2-5H2,1H3. The molecule has 194 valence electrons. The summed E-state index contributed by atoms with van der Waals surface area (Å²) < 4.78 is 81.1. The molecule has 4 aromatic rings. The number of pyridine rings is 1. The molecule has 38 heavy (non-hydrogen) atoms. The molecule has 1 nitrogen and oxygen atoms in total. The van der Waals surface area contributed by atoms with E-state index in [0.29, 0.717) is 11.6 Å². The number of halogens is 6. The number of hydrogen-bond acceptors (Lipinski definition) is 1. The molecule has 1 aliphatic rings. The van der Waals surface area contributed by atoms with Crippen LogP contribution in [0.1, 0.15) is 49.7 Å². The molecule has 0 N–H and O–H groups in total. The highest BCUT2D eigenvalue weighted by atomic mass is 19.4. The lowest BCUT2D eigenvalue weighted by atomic mass is 9.79. The van der Waals surface area contributed by atoms with E-state index in [1.807, 2.05) is 6.07 Å². The number of aromatic nitrogens is 1. The quantitative estimate of drug-likeness (QED) is 0.193. The van der Waals surface area contributed by atoms with Crippen molar-refractivity contribution in [2.45, 2.75) is 44.7 Å². The van der Waals surface area contributed by atoms with Crippen LogP contribution in [0.25, 0.3) is 33.2 Å². The molecule has 0 atom stereocenters. The molecule has 3 aromatic carbocycles. The molecule has 1 aliphatic carbocycles. The highest BCUT2D eigenvalue weighted by molar-refractivity contribution is 5.89. The molecule has 0 bridgehead atoms. The summed E-state index contributed by atoms with van der Waals surface area (Å²) >= 11 is 0. The topological polar surface area (TPSA) is 12.9 Å². The van der Waals surface area contributed by atoms with Crippen LogP contribution in [0.2, 0.25) is 0 Å². The highest BCUT2D eigenvalue weighted by Crippen LogP contribution is 2.36. The highest BCUT2D eigenvalue weighted by Gasteiger charge is 2.24. The van der Waals surface area contributed by atoms with Gasteiger partial charge in [-0.05, 0) is 65.5 Å². The van der Waals surface area contributed by atoms with Crippen LogP contribution in [-0.2, 0) is 0 Å². The average Bonchev–Trinajstić information content (AvgIpc) is 2.88. The number of hydrogen-bond donors (Lipinski definition) is 0. The number of fused-ring (bicyclic) bond motifs is 1. The van der Waals surface area contributed by atoms with E-state index in [1.165, 1.54) is 43.2 Å². The molecular formula is C31H23F6N. The first-order valence-electron chi connectivity index (χ1n) is 12.4. The van der Waals surface area contributed by atoms with E-state index in [-0.39, 0.29) is 10.9 Å². The van der Waals surface area contributed by atoms with Gasteiger partial charge >= 0.3 is 6.18 Å². The average molecular weight is 524 g/mol. The fourth-order valence-electron chi connectivity index (χ4n) is 5.08. The summed E-state index contributed by atoms with van der Waals surface area (Å²) in [6.07, 6.45) is 1.61. The van der Waals surface area contributed by atoms with E-state index in [4.69, 9.17) is 0 Å².